The maximum atomic E-state index is 12.9. The normalized spacial score (nSPS) is 12.1. The van der Waals surface area contributed by atoms with Crippen LogP contribution < -0.4 is 10.9 Å². The van der Waals surface area contributed by atoms with Gasteiger partial charge in [0, 0.05) is 18.2 Å². The van der Waals surface area contributed by atoms with Crippen molar-refractivity contribution in [3.05, 3.63) is 70.0 Å². The lowest BCUT2D eigenvalue weighted by Gasteiger charge is -2.14. The second kappa shape index (κ2) is 8.20. The van der Waals surface area contributed by atoms with E-state index in [9.17, 15) is 35.9 Å². The summed E-state index contributed by atoms with van der Waals surface area (Å²) in [4.78, 5) is 27.8. The first-order valence-corrected chi connectivity index (χ1v) is 8.46. The fraction of sp³-hybridized carbons (Fsp3) is 0.235. The topological polar surface area (TPSA) is 94.7 Å². The van der Waals surface area contributed by atoms with E-state index in [1.165, 1.54) is 29.5 Å². The smallest absolute Gasteiger partial charge is 0.350 e. The van der Waals surface area contributed by atoms with Crippen LogP contribution in [0.1, 0.15) is 21.5 Å². The summed E-state index contributed by atoms with van der Waals surface area (Å²) in [6.45, 7) is -0.484. The van der Waals surface area contributed by atoms with Gasteiger partial charge in [-0.05, 0) is 24.3 Å². The first-order chi connectivity index (χ1) is 14.4. The molecule has 1 amide bonds. The molecule has 0 aliphatic heterocycles. The van der Waals surface area contributed by atoms with Gasteiger partial charge in [0.15, 0.2) is 5.82 Å². The number of amides is 1. The lowest BCUT2D eigenvalue weighted by molar-refractivity contribution is -0.143. The average Bonchev–Trinajstić information content (AvgIpc) is 3.22. The molecule has 2 aromatic heterocycles. The minimum Gasteiger partial charge on any atom is -0.350 e. The van der Waals surface area contributed by atoms with Gasteiger partial charge in [-0.15, -0.1) is 5.10 Å². The lowest BCUT2D eigenvalue weighted by Crippen LogP contribution is -2.32. The largest absolute Gasteiger partial charge is 0.416 e. The molecule has 0 radical (unpaired) electrons. The van der Waals surface area contributed by atoms with Crippen molar-refractivity contribution in [2.75, 3.05) is 6.54 Å². The average molecular weight is 446 g/mol. The molecule has 31 heavy (non-hydrogen) atoms. The molecule has 0 spiro atoms. The minimum atomic E-state index is -5.07. The first kappa shape index (κ1) is 22.0. The molecule has 3 aromatic rings. The van der Waals surface area contributed by atoms with Crippen LogP contribution in [0.4, 0.5) is 26.3 Å². The maximum Gasteiger partial charge on any atom is 0.416 e. The number of nitrogens with one attached hydrogen (secondary N) is 1. The van der Waals surface area contributed by atoms with Crippen molar-refractivity contribution in [2.45, 2.75) is 18.9 Å². The van der Waals surface area contributed by atoms with E-state index < -0.39 is 40.5 Å². The molecular formula is C17H12F6N6O2. The van der Waals surface area contributed by atoms with Gasteiger partial charge in [0.25, 0.3) is 11.5 Å². The van der Waals surface area contributed by atoms with Crippen LogP contribution in [0, 0.1) is 0 Å². The number of benzene rings is 1. The summed E-state index contributed by atoms with van der Waals surface area (Å²) in [5.41, 5.74) is -4.58. The van der Waals surface area contributed by atoms with E-state index in [2.05, 4.69) is 20.5 Å². The number of carbonyl (C=O) groups is 1. The molecule has 0 atom stereocenters. The molecule has 2 heterocycles. The van der Waals surface area contributed by atoms with Gasteiger partial charge < -0.3 is 5.32 Å². The number of aromatic nitrogens is 5. The highest BCUT2D eigenvalue weighted by atomic mass is 19.4. The Balaban J connectivity index is 1.76. The summed E-state index contributed by atoms with van der Waals surface area (Å²) < 4.78 is 79.7. The fourth-order valence-corrected chi connectivity index (χ4v) is 2.51. The van der Waals surface area contributed by atoms with Crippen molar-refractivity contribution in [2.24, 2.45) is 0 Å². The van der Waals surface area contributed by atoms with Crippen molar-refractivity contribution in [3.8, 4) is 5.82 Å². The third kappa shape index (κ3) is 5.26. The quantitative estimate of drug-likeness (QED) is 0.607. The second-order valence-electron chi connectivity index (χ2n) is 6.14. The van der Waals surface area contributed by atoms with Gasteiger partial charge in [-0.1, -0.05) is 0 Å². The fourth-order valence-electron chi connectivity index (χ4n) is 2.51. The Hall–Kier alpha value is -3.71. The molecule has 3 rings (SSSR count). The molecule has 164 valence electrons. The molecule has 8 nitrogen and oxygen atoms in total. The van der Waals surface area contributed by atoms with Crippen LogP contribution in [0.3, 0.4) is 0 Å². The predicted molar refractivity (Wildman–Crippen MR) is 92.2 cm³/mol. The highest BCUT2D eigenvalue weighted by molar-refractivity contribution is 5.94. The molecule has 0 saturated carbocycles. The van der Waals surface area contributed by atoms with E-state index in [4.69, 9.17) is 0 Å². The van der Waals surface area contributed by atoms with E-state index in [0.717, 1.165) is 4.68 Å². The van der Waals surface area contributed by atoms with Gasteiger partial charge in [0.1, 0.15) is 12.7 Å². The highest BCUT2D eigenvalue weighted by Crippen LogP contribution is 2.36. The van der Waals surface area contributed by atoms with Crippen LogP contribution in [-0.4, -0.2) is 37.0 Å². The van der Waals surface area contributed by atoms with Gasteiger partial charge in [0.05, 0.1) is 17.7 Å². The summed E-state index contributed by atoms with van der Waals surface area (Å²) in [5.74, 6) is -0.937. The molecule has 0 unspecified atom stereocenters. The van der Waals surface area contributed by atoms with Crippen LogP contribution in [0.5, 0.6) is 0 Å². The highest BCUT2D eigenvalue weighted by Gasteiger charge is 2.37. The molecular weight excluding hydrogens is 434 g/mol. The minimum absolute atomic E-state index is 0.0735. The molecule has 0 bridgehead atoms. The number of hydrogen-bond donors (Lipinski definition) is 1. The molecule has 0 aliphatic carbocycles. The predicted octanol–water partition coefficient (Wildman–Crippen LogP) is 2.29. The van der Waals surface area contributed by atoms with Crippen molar-refractivity contribution in [1.29, 1.82) is 0 Å². The Morgan fingerprint density at radius 3 is 2.19 bits per heavy atom. The van der Waals surface area contributed by atoms with E-state index in [1.54, 1.807) is 0 Å². The van der Waals surface area contributed by atoms with Crippen LogP contribution >= 0.6 is 0 Å². The molecule has 0 saturated heterocycles. The summed E-state index contributed by atoms with van der Waals surface area (Å²) >= 11 is 0. The third-order valence-electron chi connectivity index (χ3n) is 3.97. The maximum absolute atomic E-state index is 12.9. The summed E-state index contributed by atoms with van der Waals surface area (Å²) in [7, 11) is 0. The monoisotopic (exact) mass is 446 g/mol. The standard InChI is InChI=1S/C17H12F6N6O2/c18-16(19,20)11-5-10(6-12(7-11)17(21,22)23)15(31)25-3-4-28-14(30)2-1-13(27-28)29-9-24-8-26-29/h1-2,5-9H,3-4H2,(H,25,31). The third-order valence-corrected chi connectivity index (χ3v) is 3.97. The van der Waals surface area contributed by atoms with E-state index in [-0.39, 0.29) is 25.0 Å². The first-order valence-electron chi connectivity index (χ1n) is 8.46. The van der Waals surface area contributed by atoms with Crippen LogP contribution in [0.15, 0.2) is 47.8 Å². The number of nitrogens with zero attached hydrogens (tertiary/aromatic N) is 5. The van der Waals surface area contributed by atoms with E-state index >= 15 is 0 Å². The van der Waals surface area contributed by atoms with Crippen molar-refractivity contribution in [3.63, 3.8) is 0 Å². The zero-order valence-electron chi connectivity index (χ0n) is 15.3. The van der Waals surface area contributed by atoms with E-state index in [1.807, 2.05) is 0 Å². The van der Waals surface area contributed by atoms with Gasteiger partial charge in [-0.3, -0.25) is 9.59 Å². The zero-order valence-corrected chi connectivity index (χ0v) is 15.3. The number of alkyl halides is 6. The second-order valence-corrected chi connectivity index (χ2v) is 6.14. The summed E-state index contributed by atoms with van der Waals surface area (Å²) in [5, 5.41) is 10.0. The Morgan fingerprint density at radius 1 is 1.00 bits per heavy atom. The van der Waals surface area contributed by atoms with Gasteiger partial charge >= 0.3 is 12.4 Å². The van der Waals surface area contributed by atoms with Crippen molar-refractivity contribution < 1.29 is 31.1 Å². The van der Waals surface area contributed by atoms with E-state index in [0.29, 0.717) is 12.1 Å². The molecule has 0 fully saturated rings. The van der Waals surface area contributed by atoms with Gasteiger partial charge in [-0.2, -0.15) is 31.4 Å². The number of halogens is 6. The van der Waals surface area contributed by atoms with Crippen LogP contribution in [0.25, 0.3) is 5.82 Å². The van der Waals surface area contributed by atoms with Crippen LogP contribution in [0.2, 0.25) is 0 Å². The van der Waals surface area contributed by atoms with Gasteiger partial charge in [0.2, 0.25) is 0 Å². The summed E-state index contributed by atoms with van der Waals surface area (Å²) in [6.07, 6.45) is -7.59. The van der Waals surface area contributed by atoms with Crippen molar-refractivity contribution >= 4 is 5.91 Å². The van der Waals surface area contributed by atoms with Crippen molar-refractivity contribution in [1.82, 2.24) is 29.9 Å². The number of rotatable bonds is 5. The molecule has 0 aliphatic rings. The molecule has 14 heteroatoms. The lowest BCUT2D eigenvalue weighted by atomic mass is 10.0. The molecule has 1 aromatic carbocycles. The molecule has 1 N–H and O–H groups in total. The Labute approximate surface area is 169 Å². The SMILES string of the molecule is O=C(NCCn1nc(-n2cncn2)ccc1=O)c1cc(C(F)(F)F)cc(C(F)(F)F)c1. The Kier molecular flexibility index (Phi) is 5.81. The number of hydrogen-bond acceptors (Lipinski definition) is 5. The number of carbonyl (C=O) groups excluding carboxylic acids is 1. The van der Waals surface area contributed by atoms with Gasteiger partial charge in [-0.25, -0.2) is 14.3 Å². The summed E-state index contributed by atoms with van der Waals surface area (Å²) in [6, 6.07) is 3.11. The zero-order chi connectivity index (χ0) is 22.8. The Bertz CT molecular complexity index is 1100. The van der Waals surface area contributed by atoms with Crippen LogP contribution in [-0.2, 0) is 18.9 Å². The Morgan fingerprint density at radius 2 is 1.65 bits per heavy atom.